The Hall–Kier alpha value is -2.38. The number of rotatable bonds is 2. The topological polar surface area (TPSA) is 73.0 Å². The highest BCUT2D eigenvalue weighted by molar-refractivity contribution is 9.10. The Labute approximate surface area is 171 Å². The first-order valence-corrected chi connectivity index (χ1v) is 10.1. The van der Waals surface area contributed by atoms with E-state index in [1.54, 1.807) is 0 Å². The van der Waals surface area contributed by atoms with Gasteiger partial charge in [0.25, 0.3) is 5.91 Å². The Morgan fingerprint density at radius 3 is 2.33 bits per heavy atom. The van der Waals surface area contributed by atoms with Gasteiger partial charge in [-0.05, 0) is 24.3 Å². The van der Waals surface area contributed by atoms with Gasteiger partial charge in [0, 0.05) is 54.3 Å². The van der Waals surface area contributed by atoms with Crippen LogP contribution in [0.4, 0.5) is 0 Å². The molecular formula is C20H14Br2N4O. The Morgan fingerprint density at radius 2 is 1.59 bits per heavy atom. The number of halogens is 2. The summed E-state index contributed by atoms with van der Waals surface area (Å²) in [5.74, 6) is -0.151. The molecule has 7 heteroatoms. The number of amides is 1. The second-order valence-corrected chi connectivity index (χ2v) is 8.37. The number of aliphatic imine (C=N–C) groups is 1. The van der Waals surface area contributed by atoms with Crippen molar-refractivity contribution in [3.63, 3.8) is 0 Å². The van der Waals surface area contributed by atoms with E-state index in [4.69, 9.17) is 0 Å². The molecule has 5 rings (SSSR count). The molecule has 1 atom stereocenters. The highest BCUT2D eigenvalue weighted by Crippen LogP contribution is 2.29. The van der Waals surface area contributed by atoms with Gasteiger partial charge < -0.3 is 15.3 Å². The number of hydrogen-bond donors (Lipinski definition) is 3. The smallest absolute Gasteiger partial charge is 0.270 e. The Bertz CT molecular complexity index is 1240. The van der Waals surface area contributed by atoms with E-state index in [2.05, 4.69) is 52.1 Å². The molecule has 0 fully saturated rings. The Morgan fingerprint density at radius 1 is 0.926 bits per heavy atom. The quantitative estimate of drug-likeness (QED) is 0.373. The third-order valence-corrected chi connectivity index (χ3v) is 5.89. The maximum atomic E-state index is 12.8. The van der Waals surface area contributed by atoms with Crippen molar-refractivity contribution in [2.24, 2.45) is 4.99 Å². The molecular weight excluding hydrogens is 472 g/mol. The van der Waals surface area contributed by atoms with Crippen LogP contribution in [-0.2, 0) is 4.79 Å². The minimum absolute atomic E-state index is 0.143. The van der Waals surface area contributed by atoms with Crippen LogP contribution in [0.2, 0.25) is 0 Å². The fourth-order valence-electron chi connectivity index (χ4n) is 3.61. The fraction of sp³-hybridized carbons (Fsp3) is 0.100. The van der Waals surface area contributed by atoms with Crippen LogP contribution in [0.3, 0.4) is 0 Å². The highest BCUT2D eigenvalue weighted by atomic mass is 79.9. The van der Waals surface area contributed by atoms with Gasteiger partial charge in [-0.25, -0.2) is 0 Å². The van der Waals surface area contributed by atoms with E-state index in [-0.39, 0.29) is 11.9 Å². The number of aromatic nitrogens is 2. The van der Waals surface area contributed by atoms with Gasteiger partial charge in [-0.1, -0.05) is 44.0 Å². The second-order valence-electron chi connectivity index (χ2n) is 6.54. The molecule has 4 aromatic rings. The van der Waals surface area contributed by atoms with Crippen molar-refractivity contribution >= 4 is 65.3 Å². The number of H-pyrrole nitrogens is 2. The van der Waals surface area contributed by atoms with Gasteiger partial charge in [0.15, 0.2) is 0 Å². The molecule has 1 amide bonds. The van der Waals surface area contributed by atoms with Gasteiger partial charge >= 0.3 is 0 Å². The van der Waals surface area contributed by atoms with E-state index in [1.807, 2.05) is 48.8 Å². The monoisotopic (exact) mass is 484 g/mol. The molecule has 5 nitrogen and oxygen atoms in total. The molecule has 2 aromatic heterocycles. The summed E-state index contributed by atoms with van der Waals surface area (Å²) in [6, 6.07) is 11.9. The normalized spacial score (nSPS) is 17.3. The van der Waals surface area contributed by atoms with Crippen LogP contribution in [0.15, 0.2) is 62.7 Å². The first kappa shape index (κ1) is 16.8. The van der Waals surface area contributed by atoms with Crippen LogP contribution < -0.4 is 5.32 Å². The van der Waals surface area contributed by atoms with Crippen molar-refractivity contribution in [2.45, 2.75) is 6.04 Å². The molecule has 1 aliphatic heterocycles. The maximum Gasteiger partial charge on any atom is 0.270 e. The van der Waals surface area contributed by atoms with Crippen LogP contribution in [0.1, 0.15) is 17.2 Å². The van der Waals surface area contributed by atoms with Crippen LogP contribution in [0, 0.1) is 0 Å². The number of benzene rings is 2. The summed E-state index contributed by atoms with van der Waals surface area (Å²) in [7, 11) is 0. The first-order chi connectivity index (χ1) is 13.1. The summed E-state index contributed by atoms with van der Waals surface area (Å²) in [4.78, 5) is 23.9. The summed E-state index contributed by atoms with van der Waals surface area (Å²) in [6.07, 6.45) is 3.80. The molecule has 0 bridgehead atoms. The van der Waals surface area contributed by atoms with Crippen LogP contribution in [0.5, 0.6) is 0 Å². The van der Waals surface area contributed by atoms with Gasteiger partial charge in [-0.3, -0.25) is 9.79 Å². The molecule has 0 spiro atoms. The van der Waals surface area contributed by atoms with Crippen molar-refractivity contribution < 1.29 is 4.79 Å². The molecule has 134 valence electrons. The molecule has 3 heterocycles. The number of aromatic amines is 2. The van der Waals surface area contributed by atoms with Gasteiger partial charge in [0.05, 0.1) is 12.6 Å². The number of carbonyl (C=O) groups excluding carboxylic acids is 1. The van der Waals surface area contributed by atoms with E-state index in [9.17, 15) is 4.79 Å². The third kappa shape index (κ3) is 2.82. The van der Waals surface area contributed by atoms with Crippen LogP contribution in [-0.4, -0.2) is 28.1 Å². The second kappa shape index (κ2) is 6.35. The van der Waals surface area contributed by atoms with Gasteiger partial charge in [0.2, 0.25) is 0 Å². The number of nitrogens with one attached hydrogen (secondary N) is 3. The van der Waals surface area contributed by atoms with Crippen molar-refractivity contribution in [1.82, 2.24) is 15.3 Å². The fourth-order valence-corrected chi connectivity index (χ4v) is 4.34. The minimum atomic E-state index is -0.151. The Kier molecular flexibility index (Phi) is 3.94. The van der Waals surface area contributed by atoms with E-state index in [0.29, 0.717) is 12.3 Å². The molecule has 0 saturated heterocycles. The van der Waals surface area contributed by atoms with Crippen molar-refractivity contribution in [3.05, 3.63) is 68.9 Å². The van der Waals surface area contributed by atoms with Crippen molar-refractivity contribution in [3.8, 4) is 0 Å². The standard InChI is InChI=1S/C20H14Br2N4O/c21-10-1-3-12-14(7-23-16(12)5-10)18-9-25-19(20(27)26-18)15-8-24-17-6-11(22)2-4-13(15)17/h1-8,18,23-24H,9H2,(H,26,27)/t18-/m0/s1. The predicted octanol–water partition coefficient (Wildman–Crippen LogP) is 4.83. The van der Waals surface area contributed by atoms with Crippen molar-refractivity contribution in [2.75, 3.05) is 6.54 Å². The highest BCUT2D eigenvalue weighted by Gasteiger charge is 2.27. The SMILES string of the molecule is O=C1N[C@H](c2c[nH]c3cc(Br)ccc23)CN=C1c1c[nH]c2cc(Br)ccc12. The lowest BCUT2D eigenvalue weighted by Crippen LogP contribution is -2.40. The molecule has 0 radical (unpaired) electrons. The number of carbonyl (C=O) groups is 1. The molecule has 27 heavy (non-hydrogen) atoms. The van der Waals surface area contributed by atoms with E-state index in [1.165, 1.54) is 0 Å². The lowest BCUT2D eigenvalue weighted by atomic mass is 10.0. The van der Waals surface area contributed by atoms with Crippen LogP contribution >= 0.6 is 31.9 Å². The summed E-state index contributed by atoms with van der Waals surface area (Å²) in [6.45, 7) is 0.507. The molecule has 2 aromatic carbocycles. The molecule has 3 N–H and O–H groups in total. The zero-order valence-electron chi connectivity index (χ0n) is 14.0. The number of nitrogens with zero attached hydrogens (tertiary/aromatic N) is 1. The van der Waals surface area contributed by atoms with E-state index >= 15 is 0 Å². The molecule has 0 saturated carbocycles. The summed E-state index contributed by atoms with van der Waals surface area (Å²) in [5.41, 5.74) is 4.36. The minimum Gasteiger partial charge on any atom is -0.361 e. The third-order valence-electron chi connectivity index (χ3n) is 4.90. The summed E-state index contributed by atoms with van der Waals surface area (Å²) in [5, 5.41) is 5.20. The van der Waals surface area contributed by atoms with Crippen molar-refractivity contribution in [1.29, 1.82) is 0 Å². The molecule has 1 aliphatic rings. The zero-order valence-corrected chi connectivity index (χ0v) is 17.2. The lowest BCUT2D eigenvalue weighted by molar-refractivity contribution is -0.115. The van der Waals surface area contributed by atoms with Gasteiger partial charge in [-0.2, -0.15) is 0 Å². The van der Waals surface area contributed by atoms with Crippen LogP contribution in [0.25, 0.3) is 21.8 Å². The Balaban J connectivity index is 1.51. The van der Waals surface area contributed by atoms with Gasteiger partial charge in [0.1, 0.15) is 5.71 Å². The van der Waals surface area contributed by atoms with E-state index in [0.717, 1.165) is 41.9 Å². The average molecular weight is 486 g/mol. The summed E-state index contributed by atoms with van der Waals surface area (Å²) >= 11 is 6.95. The molecule has 0 unspecified atom stereocenters. The number of fused-ring (bicyclic) bond motifs is 2. The zero-order chi connectivity index (χ0) is 18.5. The summed E-state index contributed by atoms with van der Waals surface area (Å²) < 4.78 is 2.01. The van der Waals surface area contributed by atoms with Gasteiger partial charge in [-0.15, -0.1) is 0 Å². The lowest BCUT2D eigenvalue weighted by Gasteiger charge is -2.22. The average Bonchev–Trinajstić information content (AvgIpc) is 3.25. The number of hydrogen-bond acceptors (Lipinski definition) is 2. The predicted molar refractivity (Wildman–Crippen MR) is 114 cm³/mol. The van der Waals surface area contributed by atoms with E-state index < -0.39 is 0 Å². The maximum absolute atomic E-state index is 12.8. The first-order valence-electron chi connectivity index (χ1n) is 8.49. The molecule has 0 aliphatic carbocycles. The largest absolute Gasteiger partial charge is 0.361 e.